The number of dihydropyridines is 1. The highest BCUT2D eigenvalue weighted by atomic mass is 19.1. The Morgan fingerprint density at radius 1 is 1.10 bits per heavy atom. The Kier molecular flexibility index (Phi) is 7.01. The van der Waals surface area contributed by atoms with E-state index in [1.165, 1.54) is 36.7 Å². The summed E-state index contributed by atoms with van der Waals surface area (Å²) in [7, 11) is 0. The quantitative estimate of drug-likeness (QED) is 0.225. The molecule has 0 aliphatic carbocycles. The molecule has 1 amide bonds. The van der Waals surface area contributed by atoms with E-state index in [-0.39, 0.29) is 22.9 Å². The van der Waals surface area contributed by atoms with E-state index >= 15 is 4.39 Å². The molecule has 1 aliphatic rings. The lowest BCUT2D eigenvalue weighted by Crippen LogP contribution is -2.38. The fraction of sp³-hybridized carbons (Fsp3) is 0. The minimum atomic E-state index is -0.948. The number of halogens is 2. The topological polar surface area (TPSA) is 158 Å². The molecule has 0 bridgehead atoms. The van der Waals surface area contributed by atoms with Gasteiger partial charge in [0.1, 0.15) is 11.4 Å². The normalized spacial score (nSPS) is 13.7. The van der Waals surface area contributed by atoms with Crippen LogP contribution in [0.25, 0.3) is 11.3 Å². The molecular formula is C27H19F2N7O4. The number of aromatic amines is 2. The van der Waals surface area contributed by atoms with Crippen LogP contribution in [0.2, 0.25) is 0 Å². The van der Waals surface area contributed by atoms with E-state index in [1.54, 1.807) is 18.5 Å². The van der Waals surface area contributed by atoms with E-state index < -0.39 is 34.4 Å². The van der Waals surface area contributed by atoms with Crippen molar-refractivity contribution in [3.63, 3.8) is 0 Å². The first-order valence-corrected chi connectivity index (χ1v) is 11.6. The zero-order chi connectivity index (χ0) is 28.2. The summed E-state index contributed by atoms with van der Waals surface area (Å²) < 4.78 is 34.8. The number of carbonyl (C=O) groups excluding carboxylic acids is 1. The van der Waals surface area contributed by atoms with Crippen LogP contribution >= 0.6 is 0 Å². The van der Waals surface area contributed by atoms with Gasteiger partial charge in [0.15, 0.2) is 17.3 Å². The summed E-state index contributed by atoms with van der Waals surface area (Å²) >= 11 is 0. The Balaban J connectivity index is 1.38. The lowest BCUT2D eigenvalue weighted by Gasteiger charge is -2.19. The zero-order valence-electron chi connectivity index (χ0n) is 20.4. The van der Waals surface area contributed by atoms with Crippen LogP contribution in [0, 0.1) is 17.0 Å². The molecule has 11 nitrogen and oxygen atoms in total. The van der Waals surface area contributed by atoms with Crippen LogP contribution in [-0.2, 0) is 0 Å². The van der Waals surface area contributed by atoms with Gasteiger partial charge in [0.25, 0.3) is 11.5 Å². The number of nitrogens with one attached hydrogen (secondary N) is 5. The molecule has 2 aromatic carbocycles. The van der Waals surface area contributed by atoms with Gasteiger partial charge in [0.2, 0.25) is 0 Å². The highest BCUT2D eigenvalue weighted by molar-refractivity contribution is 6.03. The van der Waals surface area contributed by atoms with Crippen molar-refractivity contribution in [1.29, 1.82) is 5.41 Å². The van der Waals surface area contributed by atoms with Gasteiger partial charge in [-0.05, 0) is 48.6 Å². The van der Waals surface area contributed by atoms with Gasteiger partial charge in [-0.15, -0.1) is 0 Å². The number of nitrogens with zero attached hydrogens (tertiary/aromatic N) is 2. The molecule has 0 saturated carbocycles. The van der Waals surface area contributed by atoms with Gasteiger partial charge in [-0.1, -0.05) is 0 Å². The number of imidazole rings is 1. The fourth-order valence-corrected chi connectivity index (χ4v) is 3.79. The number of aromatic nitrogens is 4. The summed E-state index contributed by atoms with van der Waals surface area (Å²) in [6.45, 7) is 0. The standard InChI is InChI=1S/C27H19F2N7O4/c28-16-1-4-18(5-2-16)36-26(38)19(12-33-27(36)39)25(37)35-17-3-6-23(20(29)10-17)40-24-9-15(22-13-31-14-34-22)11-32-21(24)7-8-30/h1-14,30,32H,(H,31,34)(H,33,39)(H,35,37)/b21-7-,30-8?. The lowest BCUT2D eigenvalue weighted by molar-refractivity contribution is 0.102. The Morgan fingerprint density at radius 3 is 2.60 bits per heavy atom. The second kappa shape index (κ2) is 10.9. The molecule has 2 aromatic heterocycles. The Labute approximate surface area is 223 Å². The molecule has 0 atom stereocenters. The van der Waals surface area contributed by atoms with Crippen LogP contribution in [0.4, 0.5) is 14.5 Å². The van der Waals surface area contributed by atoms with Crippen LogP contribution in [0.1, 0.15) is 16.1 Å². The summed E-state index contributed by atoms with van der Waals surface area (Å²) in [4.78, 5) is 47.3. The smallest absolute Gasteiger partial charge is 0.333 e. The summed E-state index contributed by atoms with van der Waals surface area (Å²) in [5, 5.41) is 12.8. The maximum Gasteiger partial charge on any atom is 0.333 e. The molecule has 3 heterocycles. The van der Waals surface area contributed by atoms with Crippen molar-refractivity contribution in [1.82, 2.24) is 24.8 Å². The monoisotopic (exact) mass is 543 g/mol. The van der Waals surface area contributed by atoms with Gasteiger partial charge >= 0.3 is 5.69 Å². The summed E-state index contributed by atoms with van der Waals surface area (Å²) in [5.74, 6) is -2.25. The molecule has 0 spiro atoms. The maximum atomic E-state index is 15.0. The average molecular weight is 543 g/mol. The summed E-state index contributed by atoms with van der Waals surface area (Å²) in [6.07, 6.45) is 9.88. The van der Waals surface area contributed by atoms with Crippen molar-refractivity contribution in [2.75, 3.05) is 5.32 Å². The highest BCUT2D eigenvalue weighted by Gasteiger charge is 2.19. The zero-order valence-corrected chi connectivity index (χ0v) is 20.4. The van der Waals surface area contributed by atoms with Crippen molar-refractivity contribution in [3.05, 3.63) is 135 Å². The van der Waals surface area contributed by atoms with Gasteiger partial charge in [-0.2, -0.15) is 0 Å². The molecule has 0 fully saturated rings. The van der Waals surface area contributed by atoms with E-state index in [9.17, 15) is 18.8 Å². The third-order valence-corrected chi connectivity index (χ3v) is 5.69. The average Bonchev–Trinajstić information content (AvgIpc) is 3.47. The summed E-state index contributed by atoms with van der Waals surface area (Å²) in [5.41, 5.74) is -0.467. The van der Waals surface area contributed by atoms with Crippen LogP contribution in [0.5, 0.6) is 5.75 Å². The molecule has 0 radical (unpaired) electrons. The SMILES string of the molecule is N=C/C=C1\NC=C(c2c[nH]cn2)C=C1Oc1ccc(NC(=O)c2c[nH]c(=O)n(-c3ccc(F)cc3)c2=O)cc1F. The lowest BCUT2D eigenvalue weighted by atomic mass is 10.1. The Bertz CT molecular complexity index is 1820. The molecule has 1 aliphatic heterocycles. The molecule has 5 rings (SSSR count). The first-order chi connectivity index (χ1) is 19.3. The Morgan fingerprint density at radius 2 is 1.90 bits per heavy atom. The summed E-state index contributed by atoms with van der Waals surface area (Å²) in [6, 6.07) is 8.21. The second-order valence-corrected chi connectivity index (χ2v) is 8.28. The number of allylic oxidation sites excluding steroid dienone is 3. The van der Waals surface area contributed by atoms with Crippen LogP contribution < -0.4 is 26.6 Å². The first-order valence-electron chi connectivity index (χ1n) is 11.6. The van der Waals surface area contributed by atoms with Crippen LogP contribution in [0.15, 0.2) is 101 Å². The number of ether oxygens (including phenoxy) is 1. The van der Waals surface area contributed by atoms with Crippen LogP contribution in [0.3, 0.4) is 0 Å². The highest BCUT2D eigenvalue weighted by Crippen LogP contribution is 2.28. The van der Waals surface area contributed by atoms with Gasteiger partial charge in [-0.25, -0.2) is 23.1 Å². The van der Waals surface area contributed by atoms with E-state index in [0.717, 1.165) is 30.6 Å². The van der Waals surface area contributed by atoms with E-state index in [2.05, 4.69) is 25.6 Å². The van der Waals surface area contributed by atoms with Crippen molar-refractivity contribution >= 4 is 23.4 Å². The number of H-pyrrole nitrogens is 2. The van der Waals surface area contributed by atoms with Gasteiger partial charge in [0, 0.05) is 42.1 Å². The maximum absolute atomic E-state index is 15.0. The van der Waals surface area contributed by atoms with Gasteiger partial charge in [0.05, 0.1) is 23.4 Å². The molecule has 13 heteroatoms. The number of hydrogen-bond acceptors (Lipinski definition) is 7. The van der Waals surface area contributed by atoms with Gasteiger partial charge < -0.3 is 30.7 Å². The molecule has 0 unspecified atom stereocenters. The van der Waals surface area contributed by atoms with E-state index in [0.29, 0.717) is 21.5 Å². The van der Waals surface area contributed by atoms with E-state index in [4.69, 9.17) is 10.1 Å². The number of benzene rings is 2. The number of anilines is 1. The van der Waals surface area contributed by atoms with Gasteiger partial charge in [-0.3, -0.25) is 9.59 Å². The molecule has 5 N–H and O–H groups in total. The fourth-order valence-electron chi connectivity index (χ4n) is 3.79. The van der Waals surface area contributed by atoms with Crippen molar-refractivity contribution in [3.8, 4) is 11.4 Å². The minimum absolute atomic E-state index is 0.0110. The predicted octanol–water partition coefficient (Wildman–Crippen LogP) is 3.22. The van der Waals surface area contributed by atoms with E-state index in [1.807, 2.05) is 0 Å². The van der Waals surface area contributed by atoms with Crippen LogP contribution in [-0.4, -0.2) is 31.6 Å². The van der Waals surface area contributed by atoms with Crippen molar-refractivity contribution in [2.24, 2.45) is 0 Å². The Hall–Kier alpha value is -5.85. The van der Waals surface area contributed by atoms with Crippen molar-refractivity contribution < 1.29 is 18.3 Å². The van der Waals surface area contributed by atoms with Crippen molar-refractivity contribution in [2.45, 2.75) is 0 Å². The third kappa shape index (κ3) is 5.24. The largest absolute Gasteiger partial charge is 0.452 e. The third-order valence-electron chi connectivity index (χ3n) is 5.69. The first kappa shape index (κ1) is 25.8. The second-order valence-electron chi connectivity index (χ2n) is 8.28. The number of hydrogen-bond donors (Lipinski definition) is 5. The number of rotatable bonds is 7. The minimum Gasteiger partial charge on any atom is -0.452 e. The molecule has 4 aromatic rings. The molecule has 0 saturated heterocycles. The molecule has 40 heavy (non-hydrogen) atoms. The molecule has 200 valence electrons. The molecular weight excluding hydrogens is 524 g/mol. The predicted molar refractivity (Wildman–Crippen MR) is 142 cm³/mol. The number of carbonyl (C=O) groups is 1. The number of amides is 1.